The van der Waals surface area contributed by atoms with Gasteiger partial charge in [0.05, 0.1) is 24.7 Å². The largest absolute Gasteiger partial charge is 0.375 e. The van der Waals surface area contributed by atoms with Crippen LogP contribution in [0.15, 0.2) is 29.2 Å². The maximum Gasteiger partial charge on any atom is 0.242 e. The van der Waals surface area contributed by atoms with Gasteiger partial charge in [-0.3, -0.25) is 0 Å². The highest BCUT2D eigenvalue weighted by molar-refractivity contribution is 7.89. The molecule has 1 aliphatic rings. The zero-order chi connectivity index (χ0) is 12.3. The lowest BCUT2D eigenvalue weighted by atomic mass is 10.2. The number of ether oxygens (including phenoxy) is 2. The van der Waals surface area contributed by atoms with Crippen LogP contribution in [0.2, 0.25) is 0 Å². The van der Waals surface area contributed by atoms with Crippen molar-refractivity contribution in [2.45, 2.75) is 18.0 Å². The first-order chi connectivity index (χ1) is 8.08. The molecule has 2 rings (SSSR count). The van der Waals surface area contributed by atoms with Gasteiger partial charge in [-0.1, -0.05) is 17.7 Å². The highest BCUT2D eigenvalue weighted by Gasteiger charge is 2.22. The van der Waals surface area contributed by atoms with Crippen LogP contribution in [0, 0.1) is 6.92 Å². The molecule has 17 heavy (non-hydrogen) atoms. The molecule has 1 aliphatic heterocycles. The SMILES string of the molecule is Cc1ccc(S(=O)(=O)N[C@@H]2COCCO2)cc1. The van der Waals surface area contributed by atoms with Crippen LogP contribution in [0.4, 0.5) is 0 Å². The van der Waals surface area contributed by atoms with Crippen LogP contribution in [0.3, 0.4) is 0 Å². The van der Waals surface area contributed by atoms with E-state index in [1.165, 1.54) is 0 Å². The minimum absolute atomic E-state index is 0.234. The van der Waals surface area contributed by atoms with Crippen molar-refractivity contribution in [3.63, 3.8) is 0 Å². The normalized spacial score (nSPS) is 21.4. The summed E-state index contributed by atoms with van der Waals surface area (Å²) in [6, 6.07) is 6.66. The van der Waals surface area contributed by atoms with E-state index in [9.17, 15) is 8.42 Å². The molecule has 0 saturated carbocycles. The Morgan fingerprint density at radius 2 is 1.94 bits per heavy atom. The Labute approximate surface area is 101 Å². The number of rotatable bonds is 3. The molecular formula is C11H15NO4S. The summed E-state index contributed by atoms with van der Waals surface area (Å²) in [7, 11) is -3.53. The zero-order valence-electron chi connectivity index (χ0n) is 9.55. The molecule has 94 valence electrons. The third kappa shape index (κ3) is 3.26. The molecule has 0 aliphatic carbocycles. The highest BCUT2D eigenvalue weighted by Crippen LogP contribution is 2.11. The second kappa shape index (κ2) is 5.14. The minimum Gasteiger partial charge on any atom is -0.375 e. The Balaban J connectivity index is 2.10. The number of hydrogen-bond acceptors (Lipinski definition) is 4. The molecule has 1 saturated heterocycles. The van der Waals surface area contributed by atoms with Gasteiger partial charge >= 0.3 is 0 Å². The number of hydrogen-bond donors (Lipinski definition) is 1. The van der Waals surface area contributed by atoms with Gasteiger partial charge in [0.2, 0.25) is 10.0 Å². The van der Waals surface area contributed by atoms with E-state index in [0.717, 1.165) is 5.56 Å². The van der Waals surface area contributed by atoms with Crippen LogP contribution in [0.1, 0.15) is 5.56 Å². The fraction of sp³-hybridized carbons (Fsp3) is 0.455. The molecule has 5 nitrogen and oxygen atoms in total. The second-order valence-corrected chi connectivity index (χ2v) is 5.58. The van der Waals surface area contributed by atoms with E-state index in [-0.39, 0.29) is 11.5 Å². The third-order valence-electron chi connectivity index (χ3n) is 2.43. The summed E-state index contributed by atoms with van der Waals surface area (Å²) in [6.45, 7) is 3.05. The maximum absolute atomic E-state index is 12.0. The Morgan fingerprint density at radius 3 is 2.53 bits per heavy atom. The van der Waals surface area contributed by atoms with Gasteiger partial charge in [0.15, 0.2) is 0 Å². The van der Waals surface area contributed by atoms with Crippen molar-refractivity contribution in [1.82, 2.24) is 4.72 Å². The standard InChI is InChI=1S/C11H15NO4S/c1-9-2-4-10(5-3-9)17(13,14)12-11-8-15-6-7-16-11/h2-5,11-12H,6-8H2,1H3/t11-/m0/s1. The van der Waals surface area contributed by atoms with Crippen LogP contribution in [-0.4, -0.2) is 34.5 Å². The predicted octanol–water partition coefficient (Wildman–Crippen LogP) is 0.646. The van der Waals surface area contributed by atoms with Crippen LogP contribution < -0.4 is 4.72 Å². The van der Waals surface area contributed by atoms with Gasteiger partial charge in [0.25, 0.3) is 0 Å². The summed E-state index contributed by atoms with van der Waals surface area (Å²) in [6.07, 6.45) is -0.602. The molecule has 1 heterocycles. The summed E-state index contributed by atoms with van der Waals surface area (Å²) >= 11 is 0. The van der Waals surface area contributed by atoms with E-state index in [2.05, 4.69) is 4.72 Å². The molecule has 1 N–H and O–H groups in total. The van der Waals surface area contributed by atoms with Gasteiger partial charge in [0.1, 0.15) is 6.23 Å². The molecule has 0 radical (unpaired) electrons. The van der Waals surface area contributed by atoms with Crippen LogP contribution in [-0.2, 0) is 19.5 Å². The molecule has 0 unspecified atom stereocenters. The van der Waals surface area contributed by atoms with Crippen molar-refractivity contribution in [1.29, 1.82) is 0 Å². The van der Waals surface area contributed by atoms with Gasteiger partial charge in [-0.05, 0) is 19.1 Å². The molecule has 0 amide bonds. The summed E-state index contributed by atoms with van der Waals surface area (Å²) in [5.74, 6) is 0. The third-order valence-corrected chi connectivity index (χ3v) is 3.90. The molecule has 0 aromatic heterocycles. The summed E-state index contributed by atoms with van der Waals surface area (Å²) in [5, 5.41) is 0. The lowest BCUT2D eigenvalue weighted by Crippen LogP contribution is -2.43. The van der Waals surface area contributed by atoms with Crippen molar-refractivity contribution in [3.8, 4) is 0 Å². The molecule has 1 fully saturated rings. The summed E-state index contributed by atoms with van der Waals surface area (Å²) in [5.41, 5.74) is 1.01. The number of aryl methyl sites for hydroxylation is 1. The first-order valence-corrected chi connectivity index (χ1v) is 6.84. The Bertz CT molecular complexity index is 463. The van der Waals surface area contributed by atoms with Gasteiger partial charge in [0, 0.05) is 0 Å². The molecule has 6 heteroatoms. The number of nitrogens with one attached hydrogen (secondary N) is 1. The Hall–Kier alpha value is -0.950. The first kappa shape index (κ1) is 12.5. The number of benzene rings is 1. The highest BCUT2D eigenvalue weighted by atomic mass is 32.2. The fourth-order valence-electron chi connectivity index (χ4n) is 1.51. The van der Waals surface area contributed by atoms with Gasteiger partial charge in [-0.15, -0.1) is 0 Å². The average Bonchev–Trinajstić information content (AvgIpc) is 2.30. The first-order valence-electron chi connectivity index (χ1n) is 5.36. The van der Waals surface area contributed by atoms with Gasteiger partial charge in [-0.25, -0.2) is 8.42 Å². The maximum atomic E-state index is 12.0. The van der Waals surface area contributed by atoms with Crippen LogP contribution >= 0.6 is 0 Å². The predicted molar refractivity (Wildman–Crippen MR) is 62.1 cm³/mol. The van der Waals surface area contributed by atoms with Gasteiger partial charge < -0.3 is 9.47 Å². The van der Waals surface area contributed by atoms with Crippen LogP contribution in [0.5, 0.6) is 0 Å². The van der Waals surface area contributed by atoms with E-state index in [1.54, 1.807) is 24.3 Å². The topological polar surface area (TPSA) is 64.6 Å². The molecule has 1 aromatic rings. The Morgan fingerprint density at radius 1 is 1.24 bits per heavy atom. The quantitative estimate of drug-likeness (QED) is 0.863. The van der Waals surface area contributed by atoms with E-state index in [0.29, 0.717) is 13.2 Å². The number of sulfonamides is 1. The zero-order valence-corrected chi connectivity index (χ0v) is 10.4. The van der Waals surface area contributed by atoms with E-state index < -0.39 is 16.3 Å². The molecule has 1 atom stereocenters. The smallest absolute Gasteiger partial charge is 0.242 e. The van der Waals surface area contributed by atoms with Crippen molar-refractivity contribution in [3.05, 3.63) is 29.8 Å². The molecule has 0 bridgehead atoms. The van der Waals surface area contributed by atoms with Crippen LogP contribution in [0.25, 0.3) is 0 Å². The van der Waals surface area contributed by atoms with E-state index >= 15 is 0 Å². The lowest BCUT2D eigenvalue weighted by Gasteiger charge is -2.23. The fourth-order valence-corrected chi connectivity index (χ4v) is 2.63. The van der Waals surface area contributed by atoms with Crippen molar-refractivity contribution >= 4 is 10.0 Å². The molecule has 1 aromatic carbocycles. The monoisotopic (exact) mass is 257 g/mol. The van der Waals surface area contributed by atoms with Crippen molar-refractivity contribution < 1.29 is 17.9 Å². The van der Waals surface area contributed by atoms with Crippen molar-refractivity contribution in [2.75, 3.05) is 19.8 Å². The summed E-state index contributed by atoms with van der Waals surface area (Å²) < 4.78 is 36.8. The second-order valence-electron chi connectivity index (χ2n) is 3.87. The Kier molecular flexibility index (Phi) is 3.78. The average molecular weight is 257 g/mol. The minimum atomic E-state index is -3.53. The van der Waals surface area contributed by atoms with Gasteiger partial charge in [-0.2, -0.15) is 4.72 Å². The lowest BCUT2D eigenvalue weighted by molar-refractivity contribution is -0.0921. The van der Waals surface area contributed by atoms with Crippen molar-refractivity contribution in [2.24, 2.45) is 0 Å². The van der Waals surface area contributed by atoms with E-state index in [4.69, 9.17) is 9.47 Å². The molecular weight excluding hydrogens is 242 g/mol. The van der Waals surface area contributed by atoms with E-state index in [1.807, 2.05) is 6.92 Å². The summed E-state index contributed by atoms with van der Waals surface area (Å²) in [4.78, 5) is 0.234. The molecule has 0 spiro atoms.